The number of thiazole rings is 1. The topological polar surface area (TPSA) is 85.1 Å². The van der Waals surface area contributed by atoms with Crippen LogP contribution in [0.5, 0.6) is 0 Å². The van der Waals surface area contributed by atoms with Crippen LogP contribution in [-0.2, 0) is 0 Å². The Morgan fingerprint density at radius 1 is 1.37 bits per heavy atom. The van der Waals surface area contributed by atoms with Gasteiger partial charge in [0.05, 0.1) is 15.5 Å². The number of carbonyl (C=O) groups is 1. The Morgan fingerprint density at radius 3 is 2.47 bits per heavy atom. The van der Waals surface area contributed by atoms with Crippen molar-refractivity contribution in [3.05, 3.63) is 45.0 Å². The summed E-state index contributed by atoms with van der Waals surface area (Å²) in [4.78, 5) is 26.2. The first-order valence-corrected chi connectivity index (χ1v) is 6.29. The molecule has 1 aromatic heterocycles. The molecule has 19 heavy (non-hydrogen) atoms. The van der Waals surface area contributed by atoms with Crippen molar-refractivity contribution in [2.45, 2.75) is 13.8 Å². The van der Waals surface area contributed by atoms with Gasteiger partial charge >= 0.3 is 0 Å². The second-order valence-electron chi connectivity index (χ2n) is 3.92. The first-order valence-electron chi connectivity index (χ1n) is 5.47. The van der Waals surface area contributed by atoms with Crippen LogP contribution >= 0.6 is 11.3 Å². The summed E-state index contributed by atoms with van der Waals surface area (Å²) < 4.78 is 0. The zero-order chi connectivity index (χ0) is 14.0. The lowest BCUT2D eigenvalue weighted by Crippen LogP contribution is -1.91. The Bertz CT molecular complexity index is 634. The number of aromatic nitrogens is 1. The average Bonchev–Trinajstić information content (AvgIpc) is 2.71. The number of non-ortho nitro benzene ring substituents is 1. The molecule has 0 amide bonds. The van der Waals surface area contributed by atoms with Gasteiger partial charge in [-0.15, -0.1) is 0 Å². The second kappa shape index (κ2) is 5.15. The van der Waals surface area contributed by atoms with Gasteiger partial charge in [-0.2, -0.15) is 0 Å². The number of ketones is 1. The third-order valence-corrected chi connectivity index (χ3v) is 3.62. The van der Waals surface area contributed by atoms with E-state index in [4.69, 9.17) is 0 Å². The number of aryl methyl sites for hydroxylation is 1. The van der Waals surface area contributed by atoms with Crippen LogP contribution in [0.15, 0.2) is 24.3 Å². The standard InChI is InChI=1S/C12H11N3O3S/c1-7-11(8(2)16)19-12(13-7)14-9-3-5-10(6-4-9)15(17)18/h3-6H,1-2H3,(H,13,14). The maximum atomic E-state index is 11.3. The minimum absolute atomic E-state index is 0.0215. The number of Topliss-reactive ketones (excluding diaryl/α,β-unsaturated/α-hetero) is 1. The van der Waals surface area contributed by atoms with Crippen molar-refractivity contribution in [2.75, 3.05) is 5.32 Å². The van der Waals surface area contributed by atoms with Crippen molar-refractivity contribution < 1.29 is 9.72 Å². The Labute approximate surface area is 113 Å². The first-order chi connectivity index (χ1) is 8.97. The highest BCUT2D eigenvalue weighted by molar-refractivity contribution is 7.17. The van der Waals surface area contributed by atoms with Crippen LogP contribution in [0.25, 0.3) is 0 Å². The van der Waals surface area contributed by atoms with E-state index in [2.05, 4.69) is 10.3 Å². The van der Waals surface area contributed by atoms with E-state index in [1.807, 2.05) is 0 Å². The molecule has 0 aliphatic rings. The third-order valence-electron chi connectivity index (χ3n) is 2.45. The lowest BCUT2D eigenvalue weighted by atomic mass is 10.3. The van der Waals surface area contributed by atoms with Gasteiger partial charge in [0, 0.05) is 24.7 Å². The molecular formula is C12H11N3O3S. The van der Waals surface area contributed by atoms with Gasteiger partial charge in [-0.25, -0.2) is 4.98 Å². The quantitative estimate of drug-likeness (QED) is 0.526. The van der Waals surface area contributed by atoms with Crippen LogP contribution in [-0.4, -0.2) is 15.7 Å². The predicted molar refractivity (Wildman–Crippen MR) is 73.2 cm³/mol. The number of benzene rings is 1. The number of hydrogen-bond donors (Lipinski definition) is 1. The molecule has 0 fully saturated rings. The van der Waals surface area contributed by atoms with E-state index in [1.165, 1.54) is 30.4 Å². The molecule has 0 bridgehead atoms. The number of nitrogens with one attached hydrogen (secondary N) is 1. The number of anilines is 2. The van der Waals surface area contributed by atoms with E-state index in [0.29, 0.717) is 21.4 Å². The van der Waals surface area contributed by atoms with Crippen LogP contribution in [0.3, 0.4) is 0 Å². The molecule has 0 saturated carbocycles. The van der Waals surface area contributed by atoms with Crippen molar-refractivity contribution >= 4 is 33.6 Å². The molecule has 1 heterocycles. The van der Waals surface area contributed by atoms with E-state index in [1.54, 1.807) is 19.1 Å². The van der Waals surface area contributed by atoms with E-state index in [-0.39, 0.29) is 11.5 Å². The molecule has 0 unspecified atom stereocenters. The van der Waals surface area contributed by atoms with Crippen molar-refractivity contribution in [3.8, 4) is 0 Å². The normalized spacial score (nSPS) is 10.2. The molecule has 0 saturated heterocycles. The molecule has 1 aromatic carbocycles. The van der Waals surface area contributed by atoms with Gasteiger partial charge < -0.3 is 5.32 Å². The predicted octanol–water partition coefficient (Wildman–Crippen LogP) is 3.31. The maximum absolute atomic E-state index is 11.3. The second-order valence-corrected chi connectivity index (χ2v) is 4.92. The first kappa shape index (κ1) is 13.2. The third kappa shape index (κ3) is 2.94. The Balaban J connectivity index is 2.19. The van der Waals surface area contributed by atoms with E-state index < -0.39 is 4.92 Å². The van der Waals surface area contributed by atoms with Crippen LogP contribution in [0.4, 0.5) is 16.5 Å². The summed E-state index contributed by atoms with van der Waals surface area (Å²) >= 11 is 1.27. The van der Waals surface area contributed by atoms with Crippen LogP contribution in [0.2, 0.25) is 0 Å². The molecular weight excluding hydrogens is 266 g/mol. The highest BCUT2D eigenvalue weighted by Gasteiger charge is 2.12. The summed E-state index contributed by atoms with van der Waals surface area (Å²) in [5.41, 5.74) is 1.40. The van der Waals surface area contributed by atoms with E-state index in [0.717, 1.165) is 0 Å². The fraction of sp³-hybridized carbons (Fsp3) is 0.167. The Morgan fingerprint density at radius 2 is 2.00 bits per heavy atom. The minimum atomic E-state index is -0.453. The SMILES string of the molecule is CC(=O)c1sc(Nc2ccc([N+](=O)[O-])cc2)nc1C. The molecule has 1 N–H and O–H groups in total. The van der Waals surface area contributed by atoms with Crippen LogP contribution in [0, 0.1) is 17.0 Å². The van der Waals surface area contributed by atoms with E-state index >= 15 is 0 Å². The molecule has 2 rings (SSSR count). The molecule has 0 aliphatic carbocycles. The van der Waals surface area contributed by atoms with E-state index in [9.17, 15) is 14.9 Å². The molecule has 0 atom stereocenters. The summed E-state index contributed by atoms with van der Waals surface area (Å²) in [5.74, 6) is -0.0215. The number of nitro groups is 1. The highest BCUT2D eigenvalue weighted by Crippen LogP contribution is 2.26. The summed E-state index contributed by atoms with van der Waals surface area (Å²) in [5, 5.41) is 14.1. The van der Waals surface area contributed by atoms with Gasteiger partial charge in [0.2, 0.25) is 0 Å². The fourth-order valence-corrected chi connectivity index (χ4v) is 2.45. The zero-order valence-electron chi connectivity index (χ0n) is 10.3. The summed E-state index contributed by atoms with van der Waals surface area (Å²) in [6, 6.07) is 6.02. The Kier molecular flexibility index (Phi) is 3.57. The molecule has 0 aliphatic heterocycles. The lowest BCUT2D eigenvalue weighted by molar-refractivity contribution is -0.384. The molecule has 0 spiro atoms. The van der Waals surface area contributed by atoms with Gasteiger partial charge in [-0.05, 0) is 19.1 Å². The summed E-state index contributed by atoms with van der Waals surface area (Å²) in [6.07, 6.45) is 0. The molecule has 98 valence electrons. The van der Waals surface area contributed by atoms with Crippen molar-refractivity contribution in [1.82, 2.24) is 4.98 Å². The van der Waals surface area contributed by atoms with Gasteiger partial charge in [0.15, 0.2) is 10.9 Å². The Hall–Kier alpha value is -2.28. The van der Waals surface area contributed by atoms with Crippen LogP contribution < -0.4 is 5.32 Å². The van der Waals surface area contributed by atoms with Crippen molar-refractivity contribution in [1.29, 1.82) is 0 Å². The van der Waals surface area contributed by atoms with Gasteiger partial charge in [-0.1, -0.05) is 11.3 Å². The number of hydrogen-bond acceptors (Lipinski definition) is 6. The number of carbonyl (C=O) groups excluding carboxylic acids is 1. The number of nitrogens with zero attached hydrogens (tertiary/aromatic N) is 2. The minimum Gasteiger partial charge on any atom is -0.332 e. The molecule has 7 heteroatoms. The van der Waals surface area contributed by atoms with Crippen molar-refractivity contribution in [3.63, 3.8) is 0 Å². The number of rotatable bonds is 4. The smallest absolute Gasteiger partial charge is 0.269 e. The monoisotopic (exact) mass is 277 g/mol. The summed E-state index contributed by atoms with van der Waals surface area (Å²) in [7, 11) is 0. The van der Waals surface area contributed by atoms with Gasteiger partial charge in [-0.3, -0.25) is 14.9 Å². The fourth-order valence-electron chi connectivity index (χ4n) is 1.57. The molecule has 0 radical (unpaired) electrons. The summed E-state index contributed by atoms with van der Waals surface area (Å²) in [6.45, 7) is 3.27. The van der Waals surface area contributed by atoms with Gasteiger partial charge in [0.25, 0.3) is 5.69 Å². The zero-order valence-corrected chi connectivity index (χ0v) is 11.2. The average molecular weight is 277 g/mol. The number of nitro benzene ring substituents is 1. The van der Waals surface area contributed by atoms with Crippen molar-refractivity contribution in [2.24, 2.45) is 0 Å². The highest BCUT2D eigenvalue weighted by atomic mass is 32.1. The molecule has 6 nitrogen and oxygen atoms in total. The molecule has 2 aromatic rings. The van der Waals surface area contributed by atoms with Gasteiger partial charge in [0.1, 0.15) is 0 Å². The maximum Gasteiger partial charge on any atom is 0.269 e. The van der Waals surface area contributed by atoms with Crippen LogP contribution in [0.1, 0.15) is 22.3 Å². The lowest BCUT2D eigenvalue weighted by Gasteiger charge is -2.01. The largest absolute Gasteiger partial charge is 0.332 e.